The average molecular weight is 236 g/mol. The molecule has 0 aromatic carbocycles. The minimum Gasteiger partial charge on any atom is -0.391 e. The number of β-amino-alcohol motifs (C(OH)–C–C–N with tert-alkyl or cyclic N) is 1. The topological polar surface area (TPSA) is 82.1 Å². The summed E-state index contributed by atoms with van der Waals surface area (Å²) >= 11 is 0. The third kappa shape index (κ3) is 1.85. The molecule has 1 amide bonds. The van der Waals surface area contributed by atoms with Crippen molar-refractivity contribution in [3.05, 3.63) is 5.82 Å². The molecule has 0 radical (unpaired) electrons. The smallest absolute Gasteiger partial charge is 0.391 e. The van der Waals surface area contributed by atoms with E-state index in [1.54, 1.807) is 5.10 Å². The van der Waals surface area contributed by atoms with Crippen LogP contribution in [0.4, 0.5) is 19.1 Å². The van der Waals surface area contributed by atoms with Gasteiger partial charge in [0.25, 0.3) is 5.95 Å². The maximum atomic E-state index is 12.2. The number of alkyl halides is 3. The molecule has 1 atom stereocenters. The molecule has 0 saturated carbocycles. The number of hydrogen-bond acceptors (Lipinski definition) is 4. The van der Waals surface area contributed by atoms with Crippen LogP contribution in [0.5, 0.6) is 0 Å². The number of rotatable bonds is 1. The van der Waals surface area contributed by atoms with Gasteiger partial charge in [-0.15, -0.1) is 5.10 Å². The van der Waals surface area contributed by atoms with Crippen molar-refractivity contribution in [3.63, 3.8) is 0 Å². The Bertz CT molecular complexity index is 416. The fourth-order valence-electron chi connectivity index (χ4n) is 1.38. The number of anilines is 1. The summed E-state index contributed by atoms with van der Waals surface area (Å²) in [5, 5.41) is 14.1. The number of aromatic nitrogens is 3. The molecule has 1 saturated heterocycles. The summed E-state index contributed by atoms with van der Waals surface area (Å²) in [6.45, 7) is -0.0893. The number of hydrogen-bond donors (Lipinski definition) is 2. The second-order valence-electron chi connectivity index (χ2n) is 3.34. The molecular weight excluding hydrogens is 229 g/mol. The van der Waals surface area contributed by atoms with Crippen molar-refractivity contribution in [1.29, 1.82) is 0 Å². The fraction of sp³-hybridized carbons (Fsp3) is 0.571. The van der Waals surface area contributed by atoms with Crippen molar-refractivity contribution in [2.75, 3.05) is 11.4 Å². The predicted octanol–water partition coefficient (Wildman–Crippen LogP) is -0.0789. The van der Waals surface area contributed by atoms with E-state index in [1.807, 2.05) is 0 Å². The Hall–Kier alpha value is -1.64. The number of H-pyrrole nitrogens is 1. The highest BCUT2D eigenvalue weighted by Crippen LogP contribution is 2.27. The predicted molar refractivity (Wildman–Crippen MR) is 44.4 cm³/mol. The highest BCUT2D eigenvalue weighted by molar-refractivity contribution is 5.94. The van der Waals surface area contributed by atoms with Crippen LogP contribution in [0.3, 0.4) is 0 Å². The van der Waals surface area contributed by atoms with Crippen molar-refractivity contribution in [2.45, 2.75) is 18.7 Å². The molecule has 1 aliphatic rings. The summed E-state index contributed by atoms with van der Waals surface area (Å²) in [5.41, 5.74) is 0. The van der Waals surface area contributed by atoms with Crippen molar-refractivity contribution in [2.24, 2.45) is 0 Å². The van der Waals surface area contributed by atoms with E-state index in [2.05, 4.69) is 10.1 Å². The van der Waals surface area contributed by atoms with E-state index >= 15 is 0 Å². The molecule has 1 aromatic rings. The van der Waals surface area contributed by atoms with Crippen LogP contribution < -0.4 is 4.90 Å². The van der Waals surface area contributed by atoms with Crippen LogP contribution in [0, 0.1) is 0 Å². The molecule has 88 valence electrons. The van der Waals surface area contributed by atoms with E-state index in [1.165, 1.54) is 0 Å². The molecule has 2 N–H and O–H groups in total. The van der Waals surface area contributed by atoms with Gasteiger partial charge in [0, 0.05) is 0 Å². The van der Waals surface area contributed by atoms with Gasteiger partial charge < -0.3 is 5.11 Å². The molecule has 6 nitrogen and oxygen atoms in total. The van der Waals surface area contributed by atoms with Crippen molar-refractivity contribution >= 4 is 11.9 Å². The number of aliphatic hydroxyl groups excluding tert-OH is 1. The summed E-state index contributed by atoms with van der Waals surface area (Å²) in [7, 11) is 0. The highest BCUT2D eigenvalue weighted by atomic mass is 19.4. The summed E-state index contributed by atoms with van der Waals surface area (Å²) < 4.78 is 36.5. The van der Waals surface area contributed by atoms with Gasteiger partial charge in [-0.05, 0) is 0 Å². The first kappa shape index (κ1) is 10.9. The van der Waals surface area contributed by atoms with Crippen molar-refractivity contribution in [1.82, 2.24) is 15.2 Å². The third-order valence-electron chi connectivity index (χ3n) is 2.09. The molecule has 0 bridgehead atoms. The Morgan fingerprint density at radius 1 is 1.50 bits per heavy atom. The van der Waals surface area contributed by atoms with E-state index in [0.29, 0.717) is 0 Å². The molecule has 1 unspecified atom stereocenters. The molecule has 2 rings (SSSR count). The molecule has 0 spiro atoms. The van der Waals surface area contributed by atoms with Crippen LogP contribution in [0.1, 0.15) is 12.2 Å². The van der Waals surface area contributed by atoms with Gasteiger partial charge in [0.1, 0.15) is 0 Å². The lowest BCUT2D eigenvalue weighted by molar-refractivity contribution is -0.144. The van der Waals surface area contributed by atoms with Gasteiger partial charge in [0.15, 0.2) is 0 Å². The lowest BCUT2D eigenvalue weighted by atomic mass is 10.3. The van der Waals surface area contributed by atoms with E-state index in [0.717, 1.165) is 4.90 Å². The normalized spacial score (nSPS) is 21.9. The molecule has 0 aliphatic carbocycles. The van der Waals surface area contributed by atoms with Gasteiger partial charge in [-0.25, -0.2) is 0 Å². The standard InChI is InChI=1S/C7H7F3N4O2/c8-7(9,10)5-11-6(13-12-5)14-2-3(15)1-4(14)16/h3,15H,1-2H2,(H,11,12,13). The molecular formula is C7H7F3N4O2. The van der Waals surface area contributed by atoms with E-state index in [4.69, 9.17) is 5.11 Å². The minimum atomic E-state index is -4.63. The van der Waals surface area contributed by atoms with Crippen molar-refractivity contribution in [3.8, 4) is 0 Å². The number of carbonyl (C=O) groups excluding carboxylic acids is 1. The van der Waals surface area contributed by atoms with Crippen LogP contribution in [-0.4, -0.2) is 38.8 Å². The summed E-state index contributed by atoms with van der Waals surface area (Å²) in [6.07, 6.45) is -5.65. The second kappa shape index (κ2) is 3.44. The molecule has 9 heteroatoms. The van der Waals surface area contributed by atoms with Crippen LogP contribution in [0.25, 0.3) is 0 Å². The van der Waals surface area contributed by atoms with Crippen molar-refractivity contribution < 1.29 is 23.1 Å². The zero-order valence-electron chi connectivity index (χ0n) is 7.82. The van der Waals surface area contributed by atoms with Gasteiger partial charge in [-0.3, -0.25) is 14.8 Å². The lowest BCUT2D eigenvalue weighted by Crippen LogP contribution is -2.26. The summed E-state index contributed by atoms with van der Waals surface area (Å²) in [4.78, 5) is 15.3. The van der Waals surface area contributed by atoms with Gasteiger partial charge in [0.2, 0.25) is 11.7 Å². The van der Waals surface area contributed by atoms with E-state index in [-0.39, 0.29) is 18.9 Å². The largest absolute Gasteiger partial charge is 0.451 e. The number of carbonyl (C=O) groups is 1. The first-order valence-corrected chi connectivity index (χ1v) is 4.36. The number of halogens is 3. The zero-order valence-corrected chi connectivity index (χ0v) is 7.82. The molecule has 1 fully saturated rings. The Morgan fingerprint density at radius 3 is 2.62 bits per heavy atom. The van der Waals surface area contributed by atoms with E-state index < -0.39 is 24.0 Å². The van der Waals surface area contributed by atoms with Gasteiger partial charge >= 0.3 is 6.18 Å². The maximum Gasteiger partial charge on any atom is 0.451 e. The van der Waals surface area contributed by atoms with Crippen LogP contribution in [-0.2, 0) is 11.0 Å². The monoisotopic (exact) mass is 236 g/mol. The van der Waals surface area contributed by atoms with Gasteiger partial charge in [0.05, 0.1) is 19.1 Å². The fourth-order valence-corrected chi connectivity index (χ4v) is 1.38. The molecule has 1 aromatic heterocycles. The molecule has 16 heavy (non-hydrogen) atoms. The highest BCUT2D eigenvalue weighted by Gasteiger charge is 2.38. The number of nitrogens with one attached hydrogen (secondary N) is 1. The van der Waals surface area contributed by atoms with Gasteiger partial charge in [-0.1, -0.05) is 0 Å². The number of aromatic amines is 1. The van der Waals surface area contributed by atoms with Crippen LogP contribution in [0.2, 0.25) is 0 Å². The average Bonchev–Trinajstić information content (AvgIpc) is 2.70. The Labute approximate surface area is 87.1 Å². The van der Waals surface area contributed by atoms with Crippen LogP contribution >= 0.6 is 0 Å². The van der Waals surface area contributed by atoms with E-state index in [9.17, 15) is 18.0 Å². The molecule has 2 heterocycles. The zero-order chi connectivity index (χ0) is 11.9. The van der Waals surface area contributed by atoms with Crippen LogP contribution in [0.15, 0.2) is 0 Å². The SMILES string of the molecule is O=C1CC(O)CN1c1n[nH]c(C(F)(F)F)n1. The molecule has 1 aliphatic heterocycles. The Morgan fingerprint density at radius 2 is 2.19 bits per heavy atom. The lowest BCUT2D eigenvalue weighted by Gasteiger charge is -2.09. The maximum absolute atomic E-state index is 12.2. The third-order valence-corrected chi connectivity index (χ3v) is 2.09. The van der Waals surface area contributed by atoms with Gasteiger partial charge in [-0.2, -0.15) is 18.2 Å². The Balaban J connectivity index is 2.23. The summed E-state index contributed by atoms with van der Waals surface area (Å²) in [6, 6.07) is 0. The number of amides is 1. The quantitative estimate of drug-likeness (QED) is 0.714. The Kier molecular flexibility index (Phi) is 2.34. The number of nitrogens with zero attached hydrogens (tertiary/aromatic N) is 3. The second-order valence-corrected chi connectivity index (χ2v) is 3.34. The minimum absolute atomic E-state index is 0.0893. The number of aliphatic hydroxyl groups is 1. The first-order chi connectivity index (χ1) is 7.38. The summed E-state index contributed by atoms with van der Waals surface area (Å²) in [5.74, 6) is -2.13. The first-order valence-electron chi connectivity index (χ1n) is 4.36.